The van der Waals surface area contributed by atoms with Gasteiger partial charge >= 0.3 is 0 Å². The second-order valence-corrected chi connectivity index (χ2v) is 26.5. The molecule has 0 aliphatic carbocycles. The molecule has 11 nitrogen and oxygen atoms in total. The molecule has 0 fully saturated rings. The van der Waals surface area contributed by atoms with Crippen LogP contribution in [-0.4, -0.2) is 54.8 Å². The summed E-state index contributed by atoms with van der Waals surface area (Å²) in [5, 5.41) is 0. The zero-order valence-electron chi connectivity index (χ0n) is 67.3. The molecule has 0 aliphatic heterocycles. The highest BCUT2D eigenvalue weighted by Crippen LogP contribution is 2.20. The molecule has 0 radical (unpaired) electrons. The highest BCUT2D eigenvalue weighted by Gasteiger charge is 2.07. The van der Waals surface area contributed by atoms with Crippen molar-refractivity contribution in [3.05, 3.63) is 282 Å². The lowest BCUT2D eigenvalue weighted by Gasteiger charge is -2.09. The quantitative estimate of drug-likeness (QED) is 0.143. The minimum atomic E-state index is 0.829. The highest BCUT2D eigenvalue weighted by molar-refractivity contribution is 5.39. The van der Waals surface area contributed by atoms with E-state index in [4.69, 9.17) is 0 Å². The van der Waals surface area contributed by atoms with Crippen LogP contribution in [0.25, 0.3) is 0 Å². The van der Waals surface area contributed by atoms with Gasteiger partial charge in [0.2, 0.25) is 0 Å². The molecular formula is C86H123N11. The lowest BCUT2D eigenvalue weighted by atomic mass is 10.0. The molecule has 0 unspecified atom stereocenters. The molecule has 10 rings (SSSR count). The van der Waals surface area contributed by atoms with E-state index in [9.17, 15) is 0 Å². The summed E-state index contributed by atoms with van der Waals surface area (Å²) < 4.78 is 0. The van der Waals surface area contributed by atoms with E-state index in [1.807, 2.05) is 92.6 Å². The van der Waals surface area contributed by atoms with Gasteiger partial charge in [-0.25, -0.2) is 9.97 Å². The highest BCUT2D eigenvalue weighted by atomic mass is 14.8. The minimum absolute atomic E-state index is 0.829. The van der Waals surface area contributed by atoms with Crippen molar-refractivity contribution in [2.24, 2.45) is 0 Å². The van der Waals surface area contributed by atoms with Crippen LogP contribution in [-0.2, 0) is 0 Å². The Hall–Kier alpha value is -8.57. The molecule has 11 heteroatoms. The average molecular weight is 1310 g/mol. The maximum Gasteiger partial charge on any atom is 0.125 e. The number of pyridine rings is 9. The zero-order valence-corrected chi connectivity index (χ0v) is 67.3. The monoisotopic (exact) mass is 1310 g/mol. The fraction of sp³-hybridized carbons (Fsp3) is 0.430. The number of hydrogen-bond donors (Lipinski definition) is 0. The summed E-state index contributed by atoms with van der Waals surface area (Å²) >= 11 is 0. The average Bonchev–Trinajstić information content (AvgIpc) is 0.853. The normalized spacial score (nSPS) is 9.91. The number of aryl methyl sites for hydroxylation is 25. The number of hydrogen-bond acceptors (Lipinski definition) is 11. The van der Waals surface area contributed by atoms with Crippen molar-refractivity contribution in [3.63, 3.8) is 0 Å². The maximum absolute atomic E-state index is 4.43. The number of rotatable bonds is 0. The van der Waals surface area contributed by atoms with Crippen molar-refractivity contribution in [1.29, 1.82) is 0 Å². The molecule has 0 spiro atoms. The van der Waals surface area contributed by atoms with E-state index < -0.39 is 0 Å². The van der Waals surface area contributed by atoms with Crippen LogP contribution in [0, 0.1) is 256 Å². The van der Waals surface area contributed by atoms with Gasteiger partial charge in [0.25, 0.3) is 0 Å². The minimum Gasteiger partial charge on any atom is -0.264 e. The first-order valence-corrected chi connectivity index (χ1v) is 33.8. The van der Waals surface area contributed by atoms with Crippen molar-refractivity contribution in [2.45, 2.75) is 256 Å². The predicted octanol–water partition coefficient (Wildman–Crippen LogP) is 21.6. The fourth-order valence-electron chi connectivity index (χ4n) is 9.74. The molecule has 0 saturated carbocycles. The van der Waals surface area contributed by atoms with E-state index in [0.29, 0.717) is 0 Å². The predicted molar refractivity (Wildman–Crippen MR) is 415 cm³/mol. The summed E-state index contributed by atoms with van der Waals surface area (Å²) in [4.78, 5) is 46.5. The molecule has 10 aromatic heterocycles. The Bertz CT molecular complexity index is 3710. The van der Waals surface area contributed by atoms with E-state index in [1.54, 1.807) is 0 Å². The molecule has 0 bridgehead atoms. The summed E-state index contributed by atoms with van der Waals surface area (Å²) in [5.74, 6) is 0.829. The van der Waals surface area contributed by atoms with Gasteiger partial charge in [0.15, 0.2) is 0 Å². The molecule has 0 aromatic carbocycles. The lowest BCUT2D eigenvalue weighted by molar-refractivity contribution is 1.03. The van der Waals surface area contributed by atoms with Gasteiger partial charge in [0.05, 0.1) is 0 Å². The van der Waals surface area contributed by atoms with Gasteiger partial charge < -0.3 is 0 Å². The molecule has 0 N–H and O–H groups in total. The molecule has 0 saturated heterocycles. The first-order chi connectivity index (χ1) is 44.9. The van der Waals surface area contributed by atoms with Gasteiger partial charge in [-0.05, 0) is 403 Å². The van der Waals surface area contributed by atoms with Crippen molar-refractivity contribution in [3.8, 4) is 0 Å². The number of nitrogens with zero attached hydrogens (tertiary/aromatic N) is 11. The Kier molecular flexibility index (Phi) is 37.0. The first-order valence-electron chi connectivity index (χ1n) is 33.8. The molecule has 0 atom stereocenters. The van der Waals surface area contributed by atoms with Gasteiger partial charge in [-0.3, -0.25) is 44.9 Å². The van der Waals surface area contributed by atoms with E-state index >= 15 is 0 Å². The first kappa shape index (κ1) is 86.4. The van der Waals surface area contributed by atoms with Gasteiger partial charge in [-0.2, -0.15) is 0 Å². The second kappa shape index (κ2) is 41.5. The Morgan fingerprint density at radius 1 is 0.165 bits per heavy atom. The smallest absolute Gasteiger partial charge is 0.125 e. The van der Waals surface area contributed by atoms with Crippen LogP contribution < -0.4 is 0 Å². The van der Waals surface area contributed by atoms with Crippen LogP contribution in [0.4, 0.5) is 0 Å². The molecule has 10 aromatic rings. The summed E-state index contributed by atoms with van der Waals surface area (Å²) in [7, 11) is 0. The van der Waals surface area contributed by atoms with Crippen molar-refractivity contribution < 1.29 is 0 Å². The van der Waals surface area contributed by atoms with Crippen LogP contribution in [0.5, 0.6) is 0 Å². The van der Waals surface area contributed by atoms with Crippen molar-refractivity contribution in [1.82, 2.24) is 54.8 Å². The van der Waals surface area contributed by atoms with Crippen LogP contribution in [0.3, 0.4) is 0 Å². The zero-order chi connectivity index (χ0) is 74.6. The molecule has 0 aliphatic rings. The van der Waals surface area contributed by atoms with Gasteiger partial charge in [0, 0.05) is 117 Å². The molecule has 0 amide bonds. The largest absolute Gasteiger partial charge is 0.264 e. The van der Waals surface area contributed by atoms with E-state index in [1.165, 1.54) is 117 Å². The van der Waals surface area contributed by atoms with Crippen LogP contribution in [0.1, 0.15) is 208 Å². The molecular weight excluding hydrogens is 1190 g/mol. The fourth-order valence-corrected chi connectivity index (χ4v) is 9.74. The maximum atomic E-state index is 4.43. The Labute approximate surface area is 589 Å². The summed E-state index contributed by atoms with van der Waals surface area (Å²) in [6.07, 6.45) is 11.2. The Morgan fingerprint density at radius 3 is 0.649 bits per heavy atom. The third-order valence-corrected chi connectivity index (χ3v) is 18.3. The molecule has 97 heavy (non-hydrogen) atoms. The van der Waals surface area contributed by atoms with Crippen LogP contribution in [0.15, 0.2) is 73.6 Å². The van der Waals surface area contributed by atoms with Crippen LogP contribution in [0.2, 0.25) is 0 Å². The number of aromatic nitrogens is 11. The summed E-state index contributed by atoms with van der Waals surface area (Å²) in [5.41, 5.74) is 44.7. The topological polar surface area (TPSA) is 142 Å². The lowest BCUT2D eigenvalue weighted by Crippen LogP contribution is -1.98. The van der Waals surface area contributed by atoms with Crippen molar-refractivity contribution >= 4 is 0 Å². The SMILES string of the molecule is Cc1cc(C)c(C)c(C)n1.Cc1cc(C)c(C)c(C)n1.Cc1cc(C)nc(C)c1.Cc1cnc(C)c(C)c1.Cc1cnc(C)c(C)c1.Cc1cnc(C)nc1.Cc1cncc(C)c1C.Cc1nc(C)c(C)c(C)c1C.Cc1nc(C)c(C)c(C)c1C.Cc1nc(C)c(C)c(C)c1C. The summed E-state index contributed by atoms with van der Waals surface area (Å²) in [6.45, 7) is 76.8. The van der Waals surface area contributed by atoms with Gasteiger partial charge in [-0.1, -0.05) is 12.1 Å². The Balaban J connectivity index is 0.000000540. The Morgan fingerprint density at radius 2 is 0.423 bits per heavy atom. The van der Waals surface area contributed by atoms with Crippen molar-refractivity contribution in [2.75, 3.05) is 0 Å². The van der Waals surface area contributed by atoms with E-state index in [2.05, 4.69) is 292 Å². The molecule has 10 heterocycles. The van der Waals surface area contributed by atoms with E-state index in [0.717, 1.165) is 91.1 Å². The third-order valence-electron chi connectivity index (χ3n) is 18.3. The standard InChI is InChI=1S/3C10H15N.2C9H13N.4C8H11N.C6H8N2/c3*1-6-7(2)9(4)11-10(5)8(6)3;2*1-6-5-7(2)10-9(4)8(6)3;1-6-4-9-5-7(2)8(6)3;2*1-6-4-7(2)8(3)9-5-6;1-6-4-7(2)9-8(3)5-6;1-5-3-7-6(2)8-4-5/h3*1-5H3;2*5H,1-4H3;4*4-5H,1-3H3;3-4H,1-2H3. The summed E-state index contributed by atoms with van der Waals surface area (Å²) in [6, 6.07) is 12.7. The second-order valence-electron chi connectivity index (χ2n) is 26.5. The van der Waals surface area contributed by atoms with Gasteiger partial charge in [0.1, 0.15) is 5.82 Å². The molecule has 522 valence electrons. The van der Waals surface area contributed by atoms with Crippen LogP contribution >= 0.6 is 0 Å². The van der Waals surface area contributed by atoms with E-state index in [-0.39, 0.29) is 0 Å². The third kappa shape index (κ3) is 30.2. The van der Waals surface area contributed by atoms with Gasteiger partial charge in [-0.15, -0.1) is 0 Å².